The van der Waals surface area contributed by atoms with Gasteiger partial charge in [-0.3, -0.25) is 4.79 Å². The Labute approximate surface area is 127 Å². The second-order valence-corrected chi connectivity index (χ2v) is 4.41. The minimum absolute atomic E-state index is 0.241. The highest BCUT2D eigenvalue weighted by atomic mass is 16.5. The van der Waals surface area contributed by atoms with E-state index in [1.165, 1.54) is 13.2 Å². The van der Waals surface area contributed by atoms with Crippen LogP contribution < -0.4 is 15.2 Å². The molecule has 2 rings (SSSR count). The van der Waals surface area contributed by atoms with Crippen molar-refractivity contribution in [3.8, 4) is 5.75 Å². The lowest BCUT2D eigenvalue weighted by Gasteiger charge is -2.13. The molecule has 22 heavy (non-hydrogen) atoms. The number of methoxy groups -OCH3 is 1. The first-order valence-electron chi connectivity index (χ1n) is 6.54. The fourth-order valence-corrected chi connectivity index (χ4v) is 1.88. The van der Waals surface area contributed by atoms with Crippen molar-refractivity contribution in [2.75, 3.05) is 7.11 Å². The Morgan fingerprint density at radius 1 is 1.05 bits per heavy atom. The number of carboxylic acids is 1. The first-order chi connectivity index (χ1) is 10.6. The molecule has 0 aliphatic rings. The Bertz CT molecular complexity index is 708. The number of aliphatic carboxylic acids is 1. The Morgan fingerprint density at radius 2 is 1.68 bits per heavy atom. The normalized spacial score (nSPS) is 10.9. The van der Waals surface area contributed by atoms with Crippen LogP contribution in [0, 0.1) is 0 Å². The van der Waals surface area contributed by atoms with E-state index in [1.54, 1.807) is 48.5 Å². The van der Waals surface area contributed by atoms with E-state index in [1.807, 2.05) is 6.07 Å². The van der Waals surface area contributed by atoms with Crippen molar-refractivity contribution in [1.29, 1.82) is 0 Å². The molecule has 2 aromatic rings. The van der Waals surface area contributed by atoms with Gasteiger partial charge in [0.2, 0.25) is 0 Å². The van der Waals surface area contributed by atoms with Gasteiger partial charge in [0.05, 0.1) is 24.3 Å². The molecule has 112 valence electrons. The molecule has 0 bridgehead atoms. The molecule has 1 N–H and O–H groups in total. The lowest BCUT2D eigenvalue weighted by molar-refractivity contribution is -0.299. The highest BCUT2D eigenvalue weighted by Gasteiger charge is 2.13. The van der Waals surface area contributed by atoms with Crippen molar-refractivity contribution in [3.63, 3.8) is 0 Å². The van der Waals surface area contributed by atoms with Crippen LogP contribution in [0.15, 0.2) is 60.3 Å². The van der Waals surface area contributed by atoms with Gasteiger partial charge in [-0.15, -0.1) is 0 Å². The number of carbonyl (C=O) groups excluding carboxylic acids is 2. The predicted molar refractivity (Wildman–Crippen MR) is 79.9 cm³/mol. The molecule has 0 saturated carbocycles. The van der Waals surface area contributed by atoms with Crippen LogP contribution in [0.2, 0.25) is 0 Å². The number of hydrogen-bond donors (Lipinski definition) is 1. The van der Waals surface area contributed by atoms with Crippen molar-refractivity contribution < 1.29 is 19.4 Å². The number of benzene rings is 2. The monoisotopic (exact) mass is 296 g/mol. The van der Waals surface area contributed by atoms with Crippen molar-refractivity contribution in [1.82, 2.24) is 5.32 Å². The highest BCUT2D eigenvalue weighted by molar-refractivity contribution is 6.03. The number of hydrogen-bond acceptors (Lipinski definition) is 4. The van der Waals surface area contributed by atoms with Gasteiger partial charge < -0.3 is 20.0 Å². The number of carboxylic acid groups (broad SMARTS) is 1. The number of nitrogens with one attached hydrogen (secondary N) is 1. The summed E-state index contributed by atoms with van der Waals surface area (Å²) in [6.07, 6.45) is 1.34. The number of rotatable bonds is 5. The standard InChI is InChI=1S/C17H15NO4/c1-22-15-10-6-5-9-13(15)16(19)18-14(17(20)21)11-12-7-3-2-4-8-12/h2-11H,1H3,(H,18,19)(H,20,21)/p-1/b14-11+. The molecule has 0 aliphatic carbocycles. The zero-order valence-electron chi connectivity index (χ0n) is 11.9. The molecule has 0 aliphatic heterocycles. The third-order valence-electron chi connectivity index (χ3n) is 2.93. The molecule has 0 unspecified atom stereocenters. The number of para-hydroxylation sites is 1. The molecule has 0 saturated heterocycles. The summed E-state index contributed by atoms with van der Waals surface area (Å²) in [6, 6.07) is 15.3. The van der Waals surface area contributed by atoms with E-state index >= 15 is 0 Å². The molecule has 0 aromatic heterocycles. The van der Waals surface area contributed by atoms with Gasteiger partial charge in [0, 0.05) is 0 Å². The second-order valence-electron chi connectivity index (χ2n) is 4.41. The Morgan fingerprint density at radius 3 is 2.32 bits per heavy atom. The van der Waals surface area contributed by atoms with Crippen LogP contribution >= 0.6 is 0 Å². The van der Waals surface area contributed by atoms with Crippen LogP contribution in [-0.4, -0.2) is 19.0 Å². The van der Waals surface area contributed by atoms with Gasteiger partial charge >= 0.3 is 0 Å². The van der Waals surface area contributed by atoms with Crippen LogP contribution in [0.25, 0.3) is 6.08 Å². The molecule has 5 heteroatoms. The summed E-state index contributed by atoms with van der Waals surface area (Å²) < 4.78 is 5.08. The van der Waals surface area contributed by atoms with Crippen molar-refractivity contribution >= 4 is 18.0 Å². The van der Waals surface area contributed by atoms with Gasteiger partial charge in [-0.2, -0.15) is 0 Å². The summed E-state index contributed by atoms with van der Waals surface area (Å²) in [7, 11) is 1.44. The number of amides is 1. The molecule has 2 aromatic carbocycles. The Hall–Kier alpha value is -3.08. The predicted octanol–water partition coefficient (Wildman–Crippen LogP) is 1.22. The molecular formula is C17H14NO4-. The Balaban J connectivity index is 2.27. The van der Waals surface area contributed by atoms with Crippen LogP contribution in [0.4, 0.5) is 0 Å². The Kier molecular flexibility index (Phi) is 4.93. The van der Waals surface area contributed by atoms with Gasteiger partial charge in [0.15, 0.2) is 0 Å². The SMILES string of the molecule is COc1ccccc1C(=O)N/C(=C/c1ccccc1)C(=O)[O-]. The first-order valence-corrected chi connectivity index (χ1v) is 6.54. The summed E-state index contributed by atoms with van der Waals surface area (Å²) in [5.41, 5.74) is 0.564. The van der Waals surface area contributed by atoms with E-state index in [9.17, 15) is 14.7 Å². The molecule has 0 heterocycles. The second kappa shape index (κ2) is 7.08. The molecule has 0 radical (unpaired) electrons. The molecule has 0 atom stereocenters. The quantitative estimate of drug-likeness (QED) is 0.841. The summed E-state index contributed by atoms with van der Waals surface area (Å²) >= 11 is 0. The maximum absolute atomic E-state index is 12.2. The maximum Gasteiger partial charge on any atom is 0.259 e. The van der Waals surface area contributed by atoms with Gasteiger partial charge in [0.25, 0.3) is 5.91 Å². The smallest absolute Gasteiger partial charge is 0.259 e. The maximum atomic E-state index is 12.2. The third kappa shape index (κ3) is 3.73. The van der Waals surface area contributed by atoms with E-state index in [2.05, 4.69) is 5.32 Å². The average molecular weight is 296 g/mol. The zero-order valence-corrected chi connectivity index (χ0v) is 11.9. The van der Waals surface area contributed by atoms with E-state index in [0.29, 0.717) is 11.3 Å². The van der Waals surface area contributed by atoms with Gasteiger partial charge in [-0.05, 0) is 23.8 Å². The molecule has 0 spiro atoms. The summed E-state index contributed by atoms with van der Waals surface area (Å²) in [4.78, 5) is 23.4. The largest absolute Gasteiger partial charge is 0.543 e. The van der Waals surface area contributed by atoms with Gasteiger partial charge in [-0.1, -0.05) is 42.5 Å². The lowest BCUT2D eigenvalue weighted by Crippen LogP contribution is -2.35. The summed E-state index contributed by atoms with van der Waals surface area (Å²) in [5.74, 6) is -1.69. The topological polar surface area (TPSA) is 78.5 Å². The van der Waals surface area contributed by atoms with Crippen LogP contribution in [-0.2, 0) is 4.79 Å². The lowest BCUT2D eigenvalue weighted by atomic mass is 10.1. The van der Waals surface area contributed by atoms with E-state index in [-0.39, 0.29) is 11.3 Å². The fraction of sp³-hybridized carbons (Fsp3) is 0.0588. The number of ether oxygens (including phenoxy) is 1. The average Bonchev–Trinajstić information content (AvgIpc) is 2.55. The third-order valence-corrected chi connectivity index (χ3v) is 2.93. The fourth-order valence-electron chi connectivity index (χ4n) is 1.88. The van der Waals surface area contributed by atoms with E-state index in [0.717, 1.165) is 0 Å². The van der Waals surface area contributed by atoms with Crippen molar-refractivity contribution in [2.24, 2.45) is 0 Å². The van der Waals surface area contributed by atoms with Crippen LogP contribution in [0.3, 0.4) is 0 Å². The minimum atomic E-state index is -1.47. The van der Waals surface area contributed by atoms with Crippen molar-refractivity contribution in [3.05, 3.63) is 71.4 Å². The summed E-state index contributed by atoms with van der Waals surface area (Å²) in [6.45, 7) is 0. The highest BCUT2D eigenvalue weighted by Crippen LogP contribution is 2.17. The zero-order chi connectivity index (χ0) is 15.9. The van der Waals surface area contributed by atoms with Gasteiger partial charge in [0.1, 0.15) is 5.75 Å². The summed E-state index contributed by atoms with van der Waals surface area (Å²) in [5, 5.41) is 13.5. The number of carbonyl (C=O) groups is 2. The molecule has 5 nitrogen and oxygen atoms in total. The van der Waals surface area contributed by atoms with E-state index < -0.39 is 11.9 Å². The molecule has 1 amide bonds. The molecular weight excluding hydrogens is 282 g/mol. The molecule has 0 fully saturated rings. The minimum Gasteiger partial charge on any atom is -0.543 e. The van der Waals surface area contributed by atoms with Crippen LogP contribution in [0.1, 0.15) is 15.9 Å². The first kappa shape index (κ1) is 15.3. The van der Waals surface area contributed by atoms with Crippen molar-refractivity contribution in [2.45, 2.75) is 0 Å². The van der Waals surface area contributed by atoms with Crippen LogP contribution in [0.5, 0.6) is 5.75 Å². The van der Waals surface area contributed by atoms with Gasteiger partial charge in [-0.25, -0.2) is 0 Å². The van der Waals surface area contributed by atoms with E-state index in [4.69, 9.17) is 4.74 Å².